The molecule has 2 aromatic rings. The molecule has 0 aliphatic heterocycles. The number of halogens is 3. The molecule has 0 unspecified atom stereocenters. The van der Waals surface area contributed by atoms with E-state index < -0.39 is 17.7 Å². The van der Waals surface area contributed by atoms with Crippen molar-refractivity contribution in [2.45, 2.75) is 38.3 Å². The predicted molar refractivity (Wildman–Crippen MR) is 126 cm³/mol. The van der Waals surface area contributed by atoms with E-state index in [1.165, 1.54) is 12.1 Å². The summed E-state index contributed by atoms with van der Waals surface area (Å²) in [5.41, 5.74) is 1.13. The largest absolute Gasteiger partial charge is 0.498 e. The van der Waals surface area contributed by atoms with Crippen molar-refractivity contribution < 1.29 is 32.5 Å². The summed E-state index contributed by atoms with van der Waals surface area (Å²) in [5.74, 6) is 6.97. The molecule has 1 aliphatic rings. The van der Waals surface area contributed by atoms with E-state index in [9.17, 15) is 18.0 Å². The van der Waals surface area contributed by atoms with Crippen LogP contribution in [0.5, 0.6) is 5.75 Å². The molecular formula is C28H25F3O4. The van der Waals surface area contributed by atoms with Gasteiger partial charge >= 0.3 is 12.1 Å². The number of hydrogen-bond acceptors (Lipinski definition) is 3. The van der Waals surface area contributed by atoms with Crippen LogP contribution >= 0.6 is 0 Å². The minimum absolute atomic E-state index is 0.112. The van der Waals surface area contributed by atoms with Crippen molar-refractivity contribution in [1.29, 1.82) is 0 Å². The topological polar surface area (TPSA) is 55.8 Å². The van der Waals surface area contributed by atoms with Gasteiger partial charge in [0.1, 0.15) is 11.5 Å². The minimum atomic E-state index is -4.38. The lowest BCUT2D eigenvalue weighted by Gasteiger charge is -2.09. The van der Waals surface area contributed by atoms with E-state index in [-0.39, 0.29) is 6.42 Å². The Kier molecular flexibility index (Phi) is 9.19. The third kappa shape index (κ3) is 9.09. The lowest BCUT2D eigenvalue weighted by molar-refractivity contribution is -0.138. The zero-order valence-electron chi connectivity index (χ0n) is 19.0. The molecule has 0 radical (unpaired) electrons. The van der Waals surface area contributed by atoms with Gasteiger partial charge in [-0.2, -0.15) is 13.2 Å². The number of aliphatic carboxylic acids is 1. The number of alkyl halides is 3. The third-order valence-electron chi connectivity index (χ3n) is 5.00. The fourth-order valence-corrected chi connectivity index (χ4v) is 3.15. The number of carboxylic acids is 1. The van der Waals surface area contributed by atoms with E-state index in [0.717, 1.165) is 35.4 Å². The number of allylic oxidation sites excluding steroid dienone is 4. The van der Waals surface area contributed by atoms with Crippen LogP contribution in [0.2, 0.25) is 0 Å². The molecule has 0 amide bonds. The van der Waals surface area contributed by atoms with Crippen LogP contribution in [0.4, 0.5) is 13.2 Å². The Morgan fingerprint density at radius 2 is 1.77 bits per heavy atom. The molecule has 3 rings (SSSR count). The van der Waals surface area contributed by atoms with Gasteiger partial charge in [0.15, 0.2) is 0 Å². The van der Waals surface area contributed by atoms with Crippen LogP contribution in [-0.2, 0) is 22.1 Å². The van der Waals surface area contributed by atoms with Crippen molar-refractivity contribution in [1.82, 2.24) is 0 Å². The molecule has 2 aromatic carbocycles. The first kappa shape index (κ1) is 25.7. The molecule has 35 heavy (non-hydrogen) atoms. The number of aryl methyl sites for hydroxylation is 1. The molecule has 0 aromatic heterocycles. The van der Waals surface area contributed by atoms with E-state index in [2.05, 4.69) is 11.8 Å². The standard InChI is InChI=1S/C28H25F3O4/c29-28(30,31)23-13-15-26(16-14-23)35-25-7-4-6-24(17-18-25)34-20-3-1-2-5-21-8-10-22(11-9-21)12-19-27(32)33/h4,7-11,13-18H,1,3,6,12,19-20H2,(H,32,33). The SMILES string of the molecule is O=C(O)CCc1ccc(C#CCCCOC2=CC=C(Oc3ccc(C(F)(F)F)cc3)C=CC2)cc1. The fourth-order valence-electron chi connectivity index (χ4n) is 3.15. The summed E-state index contributed by atoms with van der Waals surface area (Å²) in [5, 5.41) is 8.73. The quantitative estimate of drug-likeness (QED) is 0.320. The molecular weight excluding hydrogens is 457 g/mol. The van der Waals surface area contributed by atoms with Crippen LogP contribution < -0.4 is 4.74 Å². The Labute approximate surface area is 202 Å². The Morgan fingerprint density at radius 3 is 2.46 bits per heavy atom. The first-order chi connectivity index (χ1) is 16.8. The van der Waals surface area contributed by atoms with Gasteiger partial charge in [0, 0.05) is 24.8 Å². The Bertz CT molecular complexity index is 1150. The number of benzene rings is 2. The number of rotatable bonds is 9. The number of unbranched alkanes of at least 4 members (excludes halogenated alkanes) is 1. The maximum atomic E-state index is 12.7. The summed E-state index contributed by atoms with van der Waals surface area (Å²) in [7, 11) is 0. The summed E-state index contributed by atoms with van der Waals surface area (Å²) in [6.45, 7) is 0.505. The molecule has 0 fully saturated rings. The van der Waals surface area contributed by atoms with E-state index in [1.54, 1.807) is 18.2 Å². The van der Waals surface area contributed by atoms with Gasteiger partial charge in [-0.15, -0.1) is 0 Å². The van der Waals surface area contributed by atoms with Crippen LogP contribution in [0.15, 0.2) is 84.4 Å². The van der Waals surface area contributed by atoms with Crippen molar-refractivity contribution >= 4 is 5.97 Å². The van der Waals surface area contributed by atoms with E-state index >= 15 is 0 Å². The molecule has 0 bridgehead atoms. The molecule has 0 heterocycles. The zero-order valence-corrected chi connectivity index (χ0v) is 19.0. The lowest BCUT2D eigenvalue weighted by atomic mass is 10.1. The van der Waals surface area contributed by atoms with Crippen LogP contribution in [0.25, 0.3) is 0 Å². The average molecular weight is 482 g/mol. The summed E-state index contributed by atoms with van der Waals surface area (Å²) in [4.78, 5) is 10.6. The van der Waals surface area contributed by atoms with Crippen LogP contribution in [-0.4, -0.2) is 17.7 Å². The summed E-state index contributed by atoms with van der Waals surface area (Å²) in [6, 6.07) is 12.1. The number of hydrogen-bond donors (Lipinski definition) is 1. The van der Waals surface area contributed by atoms with Crippen LogP contribution in [0, 0.1) is 11.8 Å². The second-order valence-electron chi connectivity index (χ2n) is 7.78. The van der Waals surface area contributed by atoms with E-state index in [4.69, 9.17) is 14.6 Å². The number of ether oxygens (including phenoxy) is 2. The van der Waals surface area contributed by atoms with Gasteiger partial charge in [-0.1, -0.05) is 30.0 Å². The van der Waals surface area contributed by atoms with Gasteiger partial charge in [-0.25, -0.2) is 0 Å². The van der Waals surface area contributed by atoms with E-state index in [1.807, 2.05) is 30.3 Å². The third-order valence-corrected chi connectivity index (χ3v) is 5.00. The van der Waals surface area contributed by atoms with Crippen molar-refractivity contribution in [2.24, 2.45) is 0 Å². The minimum Gasteiger partial charge on any atom is -0.498 e. The first-order valence-corrected chi connectivity index (χ1v) is 11.1. The summed E-state index contributed by atoms with van der Waals surface area (Å²) < 4.78 is 49.5. The van der Waals surface area contributed by atoms with Gasteiger partial charge in [0.2, 0.25) is 0 Å². The highest BCUT2D eigenvalue weighted by atomic mass is 19.4. The Balaban J connectivity index is 1.41. The molecule has 1 aliphatic carbocycles. The van der Waals surface area contributed by atoms with Crippen LogP contribution in [0.1, 0.15) is 42.4 Å². The Hall–Kier alpha value is -3.92. The van der Waals surface area contributed by atoms with Crippen molar-refractivity contribution in [3.63, 3.8) is 0 Å². The lowest BCUT2D eigenvalue weighted by Crippen LogP contribution is -2.04. The van der Waals surface area contributed by atoms with Gasteiger partial charge < -0.3 is 14.6 Å². The normalized spacial score (nSPS) is 13.1. The molecule has 4 nitrogen and oxygen atoms in total. The fraction of sp³-hybridized carbons (Fsp3) is 0.250. The van der Waals surface area contributed by atoms with Crippen LogP contribution in [0.3, 0.4) is 0 Å². The van der Waals surface area contributed by atoms with Crippen molar-refractivity contribution in [3.05, 3.63) is 101 Å². The monoisotopic (exact) mass is 482 g/mol. The van der Waals surface area contributed by atoms with Gasteiger partial charge in [0.25, 0.3) is 0 Å². The first-order valence-electron chi connectivity index (χ1n) is 11.1. The van der Waals surface area contributed by atoms with Gasteiger partial charge in [-0.05, 0) is 73.0 Å². The van der Waals surface area contributed by atoms with Crippen molar-refractivity contribution in [2.75, 3.05) is 6.61 Å². The molecule has 0 atom stereocenters. The molecule has 0 saturated carbocycles. The number of carbonyl (C=O) groups is 1. The average Bonchev–Trinajstić information content (AvgIpc) is 3.05. The Morgan fingerprint density at radius 1 is 1.03 bits per heavy atom. The predicted octanol–water partition coefficient (Wildman–Crippen LogP) is 6.68. The van der Waals surface area contributed by atoms with Gasteiger partial charge in [-0.3, -0.25) is 4.79 Å². The highest BCUT2D eigenvalue weighted by Crippen LogP contribution is 2.30. The highest BCUT2D eigenvalue weighted by Gasteiger charge is 2.30. The smallest absolute Gasteiger partial charge is 0.416 e. The van der Waals surface area contributed by atoms with Crippen molar-refractivity contribution in [3.8, 4) is 17.6 Å². The highest BCUT2D eigenvalue weighted by molar-refractivity contribution is 5.67. The molecule has 0 spiro atoms. The summed E-state index contributed by atoms with van der Waals surface area (Å²) >= 11 is 0. The molecule has 182 valence electrons. The zero-order chi connectivity index (χ0) is 25.1. The second kappa shape index (κ2) is 12.5. The molecule has 1 N–H and O–H groups in total. The maximum Gasteiger partial charge on any atom is 0.416 e. The second-order valence-corrected chi connectivity index (χ2v) is 7.78. The molecule has 0 saturated heterocycles. The van der Waals surface area contributed by atoms with Gasteiger partial charge in [0.05, 0.1) is 17.9 Å². The summed E-state index contributed by atoms with van der Waals surface area (Å²) in [6.07, 6.45) is 5.37. The molecule has 7 heteroatoms. The number of carboxylic acid groups (broad SMARTS) is 1. The van der Waals surface area contributed by atoms with E-state index in [0.29, 0.717) is 37.4 Å². The maximum absolute atomic E-state index is 12.7.